The van der Waals surface area contributed by atoms with Gasteiger partial charge >= 0.3 is 0 Å². The Kier molecular flexibility index (Phi) is 7.90. The summed E-state index contributed by atoms with van der Waals surface area (Å²) in [7, 11) is 0. The van der Waals surface area contributed by atoms with Crippen molar-refractivity contribution in [2.45, 2.75) is 27.2 Å². The van der Waals surface area contributed by atoms with Gasteiger partial charge in [-0.1, -0.05) is 29.8 Å². The van der Waals surface area contributed by atoms with E-state index in [2.05, 4.69) is 77.5 Å². The predicted octanol–water partition coefficient (Wildman–Crippen LogP) is 4.92. The number of amides is 1. The first-order valence-corrected chi connectivity index (χ1v) is 8.88. The van der Waals surface area contributed by atoms with E-state index in [9.17, 15) is 4.79 Å². The van der Waals surface area contributed by atoms with Gasteiger partial charge in [0, 0.05) is 19.1 Å². The smallest absolute Gasteiger partial charge is 0.259 e. The minimum absolute atomic E-state index is 0.150. The van der Waals surface area contributed by atoms with Crippen LogP contribution in [0.15, 0.2) is 30.7 Å². The molecular weight excluding hydrogens is 466 g/mol. The molecule has 0 spiro atoms. The molecule has 0 radical (unpaired) electrons. The molecule has 4 nitrogen and oxygen atoms in total. The van der Waals surface area contributed by atoms with Crippen LogP contribution >= 0.6 is 47.8 Å². The fourth-order valence-corrected chi connectivity index (χ4v) is 4.25. The topological polar surface area (TPSA) is 53.5 Å². The number of carbonyl (C=O) groups is 1. The molecule has 0 aromatic heterocycles. The summed E-state index contributed by atoms with van der Waals surface area (Å²) in [5.41, 5.74) is 4.31. The van der Waals surface area contributed by atoms with Crippen LogP contribution in [0.4, 0.5) is 5.69 Å². The summed E-state index contributed by atoms with van der Waals surface area (Å²) in [4.78, 5) is 11.8. The molecule has 1 rings (SSSR count). The molecule has 0 unspecified atom stereocenters. The quantitative estimate of drug-likeness (QED) is 0.445. The maximum Gasteiger partial charge on any atom is 0.259 e. The Morgan fingerprint density at radius 3 is 2.33 bits per heavy atom. The lowest BCUT2D eigenvalue weighted by molar-refractivity contribution is -0.119. The van der Waals surface area contributed by atoms with Crippen LogP contribution in [0.5, 0.6) is 0 Å². The Hall–Kier alpha value is -0.400. The molecule has 1 amide bonds. The molecule has 0 saturated heterocycles. The third-order valence-electron chi connectivity index (χ3n) is 2.51. The SMILES string of the molecule is C/C(CC(C)C)=N\NC(=O)CNc1c(Br)cc(Br)cc1Br. The van der Waals surface area contributed by atoms with Gasteiger partial charge < -0.3 is 5.32 Å². The van der Waals surface area contributed by atoms with Gasteiger partial charge in [-0.15, -0.1) is 0 Å². The Labute approximate surface area is 150 Å². The van der Waals surface area contributed by atoms with Gasteiger partial charge in [-0.25, -0.2) is 5.43 Å². The normalized spacial score (nSPS) is 11.7. The third kappa shape index (κ3) is 6.93. The molecule has 21 heavy (non-hydrogen) atoms. The van der Waals surface area contributed by atoms with Crippen LogP contribution < -0.4 is 10.7 Å². The molecule has 0 fully saturated rings. The number of anilines is 1. The van der Waals surface area contributed by atoms with Crippen LogP contribution in [0.3, 0.4) is 0 Å². The average Bonchev–Trinajstić information content (AvgIpc) is 2.34. The molecule has 1 aromatic rings. The maximum atomic E-state index is 11.8. The van der Waals surface area contributed by atoms with E-state index in [1.165, 1.54) is 0 Å². The summed E-state index contributed by atoms with van der Waals surface area (Å²) in [6.07, 6.45) is 0.873. The molecule has 0 aliphatic carbocycles. The van der Waals surface area contributed by atoms with Crippen molar-refractivity contribution in [3.8, 4) is 0 Å². The van der Waals surface area contributed by atoms with E-state index >= 15 is 0 Å². The second-order valence-electron chi connectivity index (χ2n) is 5.08. The van der Waals surface area contributed by atoms with E-state index in [0.29, 0.717) is 5.92 Å². The largest absolute Gasteiger partial charge is 0.374 e. The number of carbonyl (C=O) groups excluding carboxylic acids is 1. The summed E-state index contributed by atoms with van der Waals surface area (Å²) >= 11 is 10.3. The van der Waals surface area contributed by atoms with Crippen molar-refractivity contribution >= 4 is 65.1 Å². The highest BCUT2D eigenvalue weighted by molar-refractivity contribution is 9.11. The zero-order chi connectivity index (χ0) is 16.0. The van der Waals surface area contributed by atoms with E-state index in [1.54, 1.807) is 0 Å². The number of hydrazone groups is 1. The summed E-state index contributed by atoms with van der Waals surface area (Å²) in [6.45, 7) is 6.29. The summed E-state index contributed by atoms with van der Waals surface area (Å²) < 4.78 is 2.69. The van der Waals surface area contributed by atoms with Crippen LogP contribution in [-0.4, -0.2) is 18.2 Å². The molecule has 116 valence electrons. The highest BCUT2D eigenvalue weighted by Gasteiger charge is 2.08. The van der Waals surface area contributed by atoms with E-state index in [1.807, 2.05) is 19.1 Å². The lowest BCUT2D eigenvalue weighted by atomic mass is 10.1. The molecule has 7 heteroatoms. The first-order valence-electron chi connectivity index (χ1n) is 6.50. The van der Waals surface area contributed by atoms with Gasteiger partial charge in [-0.3, -0.25) is 4.79 Å². The Morgan fingerprint density at radius 1 is 1.24 bits per heavy atom. The van der Waals surface area contributed by atoms with Gasteiger partial charge in [-0.2, -0.15) is 5.10 Å². The number of hydrogen-bond donors (Lipinski definition) is 2. The standard InChI is InChI=1S/C14H18Br3N3O/c1-8(2)4-9(3)19-20-13(21)7-18-14-11(16)5-10(15)6-12(14)17/h5-6,8,18H,4,7H2,1-3H3,(H,20,21)/b19-9+. The molecule has 0 bridgehead atoms. The van der Waals surface area contributed by atoms with Crippen molar-refractivity contribution < 1.29 is 4.79 Å². The van der Waals surface area contributed by atoms with Gasteiger partial charge in [0.15, 0.2) is 0 Å². The van der Waals surface area contributed by atoms with E-state index in [-0.39, 0.29) is 12.5 Å². The van der Waals surface area contributed by atoms with Crippen molar-refractivity contribution in [2.24, 2.45) is 11.0 Å². The molecular formula is C14H18Br3N3O. The molecule has 0 aliphatic heterocycles. The monoisotopic (exact) mass is 481 g/mol. The van der Waals surface area contributed by atoms with Gasteiger partial charge in [0.05, 0.1) is 12.2 Å². The number of hydrogen-bond acceptors (Lipinski definition) is 3. The fourth-order valence-electron chi connectivity index (χ4n) is 1.71. The second kappa shape index (κ2) is 8.90. The van der Waals surface area contributed by atoms with E-state index in [0.717, 1.165) is 31.2 Å². The summed E-state index contributed by atoms with van der Waals surface area (Å²) in [5, 5.41) is 7.16. The minimum atomic E-state index is -0.181. The number of benzene rings is 1. The molecule has 2 N–H and O–H groups in total. The lowest BCUT2D eigenvalue weighted by Crippen LogP contribution is -2.27. The third-order valence-corrected chi connectivity index (χ3v) is 4.22. The van der Waals surface area contributed by atoms with Crippen LogP contribution in [0.2, 0.25) is 0 Å². The average molecular weight is 484 g/mol. The zero-order valence-electron chi connectivity index (χ0n) is 12.1. The van der Waals surface area contributed by atoms with Crippen molar-refractivity contribution in [2.75, 3.05) is 11.9 Å². The van der Waals surface area contributed by atoms with Crippen LogP contribution in [0.25, 0.3) is 0 Å². The second-order valence-corrected chi connectivity index (χ2v) is 7.70. The van der Waals surface area contributed by atoms with Gasteiger partial charge in [0.25, 0.3) is 5.91 Å². The van der Waals surface area contributed by atoms with E-state index < -0.39 is 0 Å². The number of halogens is 3. The summed E-state index contributed by atoms with van der Waals surface area (Å²) in [6, 6.07) is 3.83. The lowest BCUT2D eigenvalue weighted by Gasteiger charge is -2.11. The maximum absolute atomic E-state index is 11.8. The first-order chi connectivity index (χ1) is 9.79. The van der Waals surface area contributed by atoms with Crippen LogP contribution in [-0.2, 0) is 4.79 Å². The molecule has 0 aliphatic rings. The molecule has 1 aromatic carbocycles. The molecule has 0 heterocycles. The fraction of sp³-hybridized carbons (Fsp3) is 0.429. The Morgan fingerprint density at radius 2 is 1.81 bits per heavy atom. The van der Waals surface area contributed by atoms with Crippen molar-refractivity contribution in [3.63, 3.8) is 0 Å². The zero-order valence-corrected chi connectivity index (χ0v) is 16.9. The van der Waals surface area contributed by atoms with Crippen LogP contribution in [0, 0.1) is 5.92 Å². The highest BCUT2D eigenvalue weighted by Crippen LogP contribution is 2.34. The Bertz CT molecular complexity index is 521. The predicted molar refractivity (Wildman–Crippen MR) is 98.7 cm³/mol. The van der Waals surface area contributed by atoms with Crippen molar-refractivity contribution in [1.29, 1.82) is 0 Å². The molecule has 0 atom stereocenters. The number of nitrogens with zero attached hydrogens (tertiary/aromatic N) is 1. The minimum Gasteiger partial charge on any atom is -0.374 e. The number of nitrogens with one attached hydrogen (secondary N) is 2. The van der Waals surface area contributed by atoms with Crippen molar-refractivity contribution in [3.05, 3.63) is 25.6 Å². The summed E-state index contributed by atoms with van der Waals surface area (Å²) in [5.74, 6) is 0.346. The van der Waals surface area contributed by atoms with E-state index in [4.69, 9.17) is 0 Å². The van der Waals surface area contributed by atoms with Gasteiger partial charge in [0.2, 0.25) is 0 Å². The van der Waals surface area contributed by atoms with Crippen molar-refractivity contribution in [1.82, 2.24) is 5.43 Å². The highest BCUT2D eigenvalue weighted by atomic mass is 79.9. The Balaban J connectivity index is 2.54. The van der Waals surface area contributed by atoms with Crippen LogP contribution in [0.1, 0.15) is 27.2 Å². The van der Waals surface area contributed by atoms with Gasteiger partial charge in [0.1, 0.15) is 0 Å². The van der Waals surface area contributed by atoms with Gasteiger partial charge in [-0.05, 0) is 63.3 Å². The number of rotatable bonds is 6. The molecule has 0 saturated carbocycles. The first kappa shape index (κ1) is 18.6.